The van der Waals surface area contributed by atoms with Gasteiger partial charge in [-0.15, -0.1) is 0 Å². The van der Waals surface area contributed by atoms with E-state index in [1.54, 1.807) is 0 Å². The van der Waals surface area contributed by atoms with Gasteiger partial charge in [0, 0.05) is 69.2 Å². The van der Waals surface area contributed by atoms with Gasteiger partial charge < -0.3 is 9.15 Å². The van der Waals surface area contributed by atoms with Crippen LogP contribution in [-0.2, 0) is 0 Å². The zero-order valence-electron chi connectivity index (χ0n) is 24.2. The van der Waals surface area contributed by atoms with Crippen molar-refractivity contribution in [1.82, 2.24) is 29.1 Å². The van der Waals surface area contributed by atoms with Gasteiger partial charge in [0.1, 0.15) is 23.0 Å². The maximum Gasteiger partial charge on any atom is 0.177 e. The quantitative estimate of drug-likeness (QED) is 0.200. The van der Waals surface area contributed by atoms with Crippen LogP contribution in [0.5, 0.6) is 5.75 Å². The van der Waals surface area contributed by atoms with E-state index < -0.39 is 0 Å². The van der Waals surface area contributed by atoms with Crippen molar-refractivity contribution >= 4 is 71.8 Å². The van der Waals surface area contributed by atoms with Gasteiger partial charge in [-0.2, -0.15) is 0 Å². The molecule has 2 atom stereocenters. The Morgan fingerprint density at radius 2 is 1.33 bits per heavy atom. The van der Waals surface area contributed by atoms with E-state index in [4.69, 9.17) is 19.1 Å². The monoisotopic (exact) mass is 594 g/mol. The van der Waals surface area contributed by atoms with E-state index >= 15 is 0 Å². The van der Waals surface area contributed by atoms with E-state index in [0.29, 0.717) is 0 Å². The first-order valence-corrected chi connectivity index (χ1v) is 15.3. The Morgan fingerprint density at radius 1 is 0.630 bits per heavy atom. The predicted octanol–water partition coefficient (Wildman–Crippen LogP) is 8.33. The zero-order valence-corrected chi connectivity index (χ0v) is 24.2. The van der Waals surface area contributed by atoms with E-state index in [1.807, 2.05) is 55.1 Å². The third-order valence-electron chi connectivity index (χ3n) is 9.46. The Hall–Kier alpha value is -6.28. The number of fused-ring (bicyclic) bond motifs is 13. The molecular formula is C38H22N6O2. The van der Waals surface area contributed by atoms with Crippen LogP contribution in [0.25, 0.3) is 77.5 Å². The number of aromatic nitrogens is 6. The molecule has 0 bridgehead atoms. The Balaban J connectivity index is 1.07. The number of pyridine rings is 4. The van der Waals surface area contributed by atoms with Crippen LogP contribution in [0.1, 0.15) is 11.5 Å². The van der Waals surface area contributed by atoms with Gasteiger partial charge in [-0.25, -0.2) is 9.97 Å². The lowest BCUT2D eigenvalue weighted by Crippen LogP contribution is -2.18. The summed E-state index contributed by atoms with van der Waals surface area (Å²) in [5.41, 5.74) is 10.4. The van der Waals surface area contributed by atoms with Gasteiger partial charge >= 0.3 is 0 Å². The van der Waals surface area contributed by atoms with Crippen molar-refractivity contribution in [3.63, 3.8) is 0 Å². The van der Waals surface area contributed by atoms with Crippen molar-refractivity contribution < 1.29 is 9.15 Å². The molecule has 0 saturated heterocycles. The molecule has 1 aliphatic carbocycles. The van der Waals surface area contributed by atoms with Crippen LogP contribution >= 0.6 is 0 Å². The smallest absolute Gasteiger partial charge is 0.177 e. The molecule has 216 valence electrons. The predicted molar refractivity (Wildman–Crippen MR) is 179 cm³/mol. The van der Waals surface area contributed by atoms with Crippen molar-refractivity contribution in [2.45, 2.75) is 12.0 Å². The van der Waals surface area contributed by atoms with Crippen molar-refractivity contribution in [2.75, 3.05) is 0 Å². The number of furan rings is 1. The normalized spacial score (nSPS) is 17.3. The molecule has 0 saturated carbocycles. The van der Waals surface area contributed by atoms with Crippen LogP contribution in [0.3, 0.4) is 0 Å². The molecule has 8 heterocycles. The summed E-state index contributed by atoms with van der Waals surface area (Å²) in [6.07, 6.45) is 13.8. The molecule has 0 fully saturated rings. The first-order chi connectivity index (χ1) is 22.8. The van der Waals surface area contributed by atoms with Crippen LogP contribution in [-0.4, -0.2) is 35.2 Å². The molecule has 9 aromatic rings. The lowest BCUT2D eigenvalue weighted by molar-refractivity contribution is 0.269. The average Bonchev–Trinajstić information content (AvgIpc) is 3.85. The maximum atomic E-state index is 6.63. The van der Waals surface area contributed by atoms with Crippen molar-refractivity contribution in [3.8, 4) is 11.4 Å². The highest BCUT2D eigenvalue weighted by atomic mass is 16.5. The van der Waals surface area contributed by atoms with Gasteiger partial charge in [0.15, 0.2) is 11.3 Å². The second-order valence-electron chi connectivity index (χ2n) is 11.9. The van der Waals surface area contributed by atoms with Crippen LogP contribution < -0.4 is 4.74 Å². The highest BCUT2D eigenvalue weighted by Crippen LogP contribution is 2.49. The summed E-state index contributed by atoms with van der Waals surface area (Å²) in [6, 6.07) is 26.8. The molecule has 2 unspecified atom stereocenters. The minimum absolute atomic E-state index is 0.0345. The van der Waals surface area contributed by atoms with Crippen molar-refractivity contribution in [2.24, 2.45) is 0 Å². The Labute approximate surface area is 260 Å². The first kappa shape index (κ1) is 24.1. The molecule has 11 rings (SSSR count). The summed E-state index contributed by atoms with van der Waals surface area (Å²) < 4.78 is 17.5. The molecule has 0 spiro atoms. The number of allylic oxidation sites excluding steroid dienone is 2. The number of benzene rings is 2. The van der Waals surface area contributed by atoms with Crippen molar-refractivity contribution in [1.29, 1.82) is 0 Å². The zero-order chi connectivity index (χ0) is 29.9. The lowest BCUT2D eigenvalue weighted by atomic mass is 9.90. The summed E-state index contributed by atoms with van der Waals surface area (Å²) in [6.45, 7) is 0. The van der Waals surface area contributed by atoms with Gasteiger partial charge in [-0.1, -0.05) is 6.07 Å². The minimum Gasteiger partial charge on any atom is -0.481 e. The molecule has 7 aromatic heterocycles. The van der Waals surface area contributed by atoms with E-state index in [2.05, 4.69) is 85.9 Å². The minimum atomic E-state index is -0.122. The second kappa shape index (κ2) is 8.67. The summed E-state index contributed by atoms with van der Waals surface area (Å²) >= 11 is 0. The molecule has 8 nitrogen and oxygen atoms in total. The van der Waals surface area contributed by atoms with Crippen LogP contribution in [0, 0.1) is 0 Å². The SMILES string of the molecule is C1=CC2Oc3c(ccc4c3oc3ccc(-n5c6cccnc6c6cccnc65)cc34)C2C=C1n1c2cccnc2c2cccnc21. The summed E-state index contributed by atoms with van der Waals surface area (Å²) in [4.78, 5) is 18.8. The molecule has 1 aliphatic heterocycles. The number of hydrogen-bond acceptors (Lipinski definition) is 6. The fraction of sp³-hybridized carbons (Fsp3) is 0.0526. The van der Waals surface area contributed by atoms with Gasteiger partial charge in [-0.3, -0.25) is 19.1 Å². The van der Waals surface area contributed by atoms with Crippen LogP contribution in [0.4, 0.5) is 0 Å². The van der Waals surface area contributed by atoms with Gasteiger partial charge in [-0.05, 0) is 91.0 Å². The molecule has 2 aromatic carbocycles. The third-order valence-corrected chi connectivity index (χ3v) is 9.46. The molecular weight excluding hydrogens is 572 g/mol. The fourth-order valence-electron chi connectivity index (χ4n) is 7.49. The second-order valence-corrected chi connectivity index (χ2v) is 11.9. The van der Waals surface area contributed by atoms with E-state index in [9.17, 15) is 0 Å². The highest BCUT2D eigenvalue weighted by molar-refractivity contribution is 6.10. The molecule has 8 heteroatoms. The van der Waals surface area contributed by atoms with E-state index in [1.165, 1.54) is 0 Å². The summed E-state index contributed by atoms with van der Waals surface area (Å²) in [5, 5.41) is 4.11. The number of rotatable bonds is 2. The summed E-state index contributed by atoms with van der Waals surface area (Å²) in [5.74, 6) is 0.837. The lowest BCUT2D eigenvalue weighted by Gasteiger charge is -2.19. The Bertz CT molecular complexity index is 2710. The first-order valence-electron chi connectivity index (χ1n) is 15.3. The topological polar surface area (TPSA) is 83.8 Å². The third kappa shape index (κ3) is 3.07. The number of ether oxygens (including phenoxy) is 1. The van der Waals surface area contributed by atoms with Gasteiger partial charge in [0.05, 0.1) is 22.1 Å². The molecule has 0 radical (unpaired) electrons. The van der Waals surface area contributed by atoms with Gasteiger partial charge in [0.2, 0.25) is 0 Å². The Morgan fingerprint density at radius 3 is 2.11 bits per heavy atom. The Kier molecular flexibility index (Phi) is 4.54. The highest BCUT2D eigenvalue weighted by Gasteiger charge is 2.36. The molecule has 46 heavy (non-hydrogen) atoms. The largest absolute Gasteiger partial charge is 0.481 e. The molecule has 0 amide bonds. The fourth-order valence-corrected chi connectivity index (χ4v) is 7.49. The number of nitrogens with zero attached hydrogens (tertiary/aromatic N) is 6. The average molecular weight is 595 g/mol. The van der Waals surface area contributed by atoms with Crippen LogP contribution in [0.2, 0.25) is 0 Å². The maximum absolute atomic E-state index is 6.63. The number of hydrogen-bond donors (Lipinski definition) is 0. The summed E-state index contributed by atoms with van der Waals surface area (Å²) in [7, 11) is 0. The molecule has 2 aliphatic rings. The van der Waals surface area contributed by atoms with Gasteiger partial charge in [0.25, 0.3) is 0 Å². The standard InChI is InChI=1S/C38H22N6O2/c1-5-25-33-29(7-3-15-39-33)43(37(25)41-17-1)21-9-13-31-27(19-21)23-11-12-24-28-20-22(10-14-32(28)46-36(24)35(23)45-31)44-30-8-4-16-40-34(30)26-6-2-18-42-38(26)44/h1-20,27,31H. The van der Waals surface area contributed by atoms with Crippen LogP contribution in [0.15, 0.2) is 126 Å². The van der Waals surface area contributed by atoms with Crippen molar-refractivity contribution in [3.05, 3.63) is 127 Å². The van der Waals surface area contributed by atoms with E-state index in [-0.39, 0.29) is 12.0 Å². The molecule has 0 N–H and O–H groups in total. The van der Waals surface area contributed by atoms with E-state index in [0.717, 1.165) is 88.8 Å².